The van der Waals surface area contributed by atoms with Crippen molar-refractivity contribution in [3.8, 4) is 0 Å². The van der Waals surface area contributed by atoms with Crippen molar-refractivity contribution in [1.29, 1.82) is 0 Å². The molecule has 4 N–H and O–H groups in total. The van der Waals surface area contributed by atoms with Crippen LogP contribution in [0.15, 0.2) is 16.9 Å². The van der Waals surface area contributed by atoms with E-state index in [0.717, 1.165) is 12.4 Å². The average molecular weight is 531 g/mol. The van der Waals surface area contributed by atoms with Gasteiger partial charge in [-0.15, -0.1) is 0 Å². The second-order valence-corrected chi connectivity index (χ2v) is 8.40. The van der Waals surface area contributed by atoms with Crippen LogP contribution in [0.2, 0.25) is 0 Å². The minimum Gasteiger partial charge on any atom is -0.399 e. The van der Waals surface area contributed by atoms with E-state index >= 15 is 0 Å². The van der Waals surface area contributed by atoms with Crippen LogP contribution in [0.25, 0.3) is 0 Å². The van der Waals surface area contributed by atoms with Crippen molar-refractivity contribution in [1.82, 2.24) is 19.9 Å². The minimum atomic E-state index is -4.66. The molecule has 2 aromatic heterocycles. The Bertz CT molecular complexity index is 972. The first-order valence-electron chi connectivity index (χ1n) is 8.75. The molecule has 0 spiro atoms. The largest absolute Gasteiger partial charge is 0.498 e. The normalized spacial score (nSPS) is 17.7. The first-order valence-corrected chi connectivity index (χ1v) is 9.55. The third-order valence-electron chi connectivity index (χ3n) is 4.64. The summed E-state index contributed by atoms with van der Waals surface area (Å²) >= 11 is 2.67. The monoisotopic (exact) mass is 530 g/mol. The topological polar surface area (TPSA) is 122 Å². The lowest BCUT2D eigenvalue weighted by atomic mass is 9.78. The first kappa shape index (κ1) is 26.1. The van der Waals surface area contributed by atoms with Crippen molar-refractivity contribution in [2.75, 3.05) is 11.5 Å². The second kappa shape index (κ2) is 8.63. The van der Waals surface area contributed by atoms with Crippen LogP contribution in [0.1, 0.15) is 39.1 Å². The summed E-state index contributed by atoms with van der Waals surface area (Å²) < 4.78 is 86.1. The first-order chi connectivity index (χ1) is 14.3. The number of nitrogens with two attached hydrogens (primary N) is 2. The Balaban J connectivity index is 0.000000258. The fourth-order valence-electron chi connectivity index (χ4n) is 2.35. The maximum Gasteiger partial charge on any atom is 0.498 e. The van der Waals surface area contributed by atoms with E-state index in [0.29, 0.717) is 0 Å². The molecule has 0 bridgehead atoms. The van der Waals surface area contributed by atoms with Gasteiger partial charge in [0.2, 0.25) is 11.9 Å². The van der Waals surface area contributed by atoms with Crippen LogP contribution in [-0.4, -0.2) is 38.3 Å². The summed E-state index contributed by atoms with van der Waals surface area (Å²) in [6.45, 7) is 6.99. The van der Waals surface area contributed by atoms with Crippen molar-refractivity contribution in [3.63, 3.8) is 0 Å². The van der Waals surface area contributed by atoms with Crippen molar-refractivity contribution in [3.05, 3.63) is 28.3 Å². The number of hydrogen-bond donors (Lipinski definition) is 2. The van der Waals surface area contributed by atoms with E-state index in [-0.39, 0.29) is 9.94 Å². The van der Waals surface area contributed by atoms with Gasteiger partial charge in [-0.2, -0.15) is 26.3 Å². The van der Waals surface area contributed by atoms with E-state index in [1.807, 2.05) is 0 Å². The van der Waals surface area contributed by atoms with E-state index < -0.39 is 54.0 Å². The predicted octanol–water partition coefficient (Wildman–Crippen LogP) is 3.22. The van der Waals surface area contributed by atoms with Crippen LogP contribution in [0.4, 0.5) is 38.2 Å². The number of aromatic nitrogens is 4. The van der Waals surface area contributed by atoms with Crippen LogP contribution < -0.4 is 16.9 Å². The van der Waals surface area contributed by atoms with Gasteiger partial charge < -0.3 is 20.8 Å². The number of alkyl halides is 6. The molecule has 0 aromatic carbocycles. The molecule has 1 aliphatic heterocycles. The standard InChI is InChI=1S/C11H15BF3N3O2.C5H3BrF3N3/c1-9(2)10(3,4)20-12(19-9)6-5-17-8(16)18-7(6)11(13,14)15;6-2-1-11-4(10)12-3(2)5(7,8)9/h5H,1-4H3,(H2,16,17,18);1H,(H2,10,11,12). The Kier molecular flexibility index (Phi) is 7.03. The molecule has 8 nitrogen and oxygen atoms in total. The molecular weight excluding hydrogens is 513 g/mol. The fraction of sp³-hybridized carbons (Fsp3) is 0.500. The van der Waals surface area contributed by atoms with Crippen molar-refractivity contribution in [2.45, 2.75) is 51.2 Å². The van der Waals surface area contributed by atoms with Gasteiger partial charge in [-0.05, 0) is 43.6 Å². The molecule has 0 unspecified atom stereocenters. The highest BCUT2D eigenvalue weighted by molar-refractivity contribution is 9.10. The molecule has 1 saturated heterocycles. The number of rotatable bonds is 1. The summed E-state index contributed by atoms with van der Waals surface area (Å²) in [7, 11) is -1.18. The lowest BCUT2D eigenvalue weighted by molar-refractivity contribution is -0.142. The van der Waals surface area contributed by atoms with Gasteiger partial charge >= 0.3 is 19.5 Å². The molecule has 0 radical (unpaired) electrons. The van der Waals surface area contributed by atoms with Crippen molar-refractivity contribution < 1.29 is 35.7 Å². The lowest BCUT2D eigenvalue weighted by Gasteiger charge is -2.32. The zero-order valence-corrected chi connectivity index (χ0v) is 18.7. The number of anilines is 2. The molecule has 32 heavy (non-hydrogen) atoms. The van der Waals surface area contributed by atoms with E-state index in [1.54, 1.807) is 27.7 Å². The number of nitrogen functional groups attached to an aromatic ring is 2. The highest BCUT2D eigenvalue weighted by Gasteiger charge is 2.54. The van der Waals surface area contributed by atoms with E-state index in [1.165, 1.54) is 0 Å². The molecule has 0 amide bonds. The summed E-state index contributed by atoms with van der Waals surface area (Å²) in [6.07, 6.45) is -7.20. The molecule has 16 heteroatoms. The Morgan fingerprint density at radius 1 is 0.812 bits per heavy atom. The van der Waals surface area contributed by atoms with Crippen molar-refractivity contribution >= 4 is 40.4 Å². The Hall–Kier alpha value is -2.20. The maximum atomic E-state index is 13.0. The van der Waals surface area contributed by atoms with Gasteiger partial charge in [0.25, 0.3) is 0 Å². The molecule has 0 atom stereocenters. The summed E-state index contributed by atoms with van der Waals surface area (Å²) in [5, 5.41) is 0. The van der Waals surface area contributed by atoms with Crippen molar-refractivity contribution in [2.24, 2.45) is 0 Å². The predicted molar refractivity (Wildman–Crippen MR) is 106 cm³/mol. The van der Waals surface area contributed by atoms with Crippen LogP contribution in [-0.2, 0) is 21.7 Å². The van der Waals surface area contributed by atoms with Gasteiger partial charge in [0.1, 0.15) is 5.69 Å². The second-order valence-electron chi connectivity index (χ2n) is 7.54. The van der Waals surface area contributed by atoms with Gasteiger partial charge in [0.15, 0.2) is 5.69 Å². The summed E-state index contributed by atoms with van der Waals surface area (Å²) in [5.74, 6) is -0.844. The molecule has 1 aliphatic rings. The van der Waals surface area contributed by atoms with Crippen LogP contribution in [0, 0.1) is 0 Å². The fourth-order valence-corrected chi connectivity index (χ4v) is 2.77. The smallest absolute Gasteiger partial charge is 0.399 e. The molecule has 0 saturated carbocycles. The van der Waals surface area contributed by atoms with E-state index in [2.05, 4.69) is 35.9 Å². The Morgan fingerprint density at radius 2 is 1.22 bits per heavy atom. The molecule has 1 fully saturated rings. The van der Waals surface area contributed by atoms with Gasteiger partial charge in [0.05, 0.1) is 15.7 Å². The van der Waals surface area contributed by atoms with Gasteiger partial charge in [-0.3, -0.25) is 0 Å². The van der Waals surface area contributed by atoms with Gasteiger partial charge in [-0.1, -0.05) is 0 Å². The number of nitrogens with zero attached hydrogens (tertiary/aromatic N) is 4. The minimum absolute atomic E-state index is 0.218. The Morgan fingerprint density at radius 3 is 1.62 bits per heavy atom. The zero-order chi connectivity index (χ0) is 24.7. The third kappa shape index (κ3) is 5.78. The van der Waals surface area contributed by atoms with Gasteiger partial charge in [0, 0.05) is 17.9 Å². The molecule has 176 valence electrons. The molecular formula is C16H18BBrF6N6O2. The zero-order valence-electron chi connectivity index (χ0n) is 17.1. The summed E-state index contributed by atoms with van der Waals surface area (Å²) in [6, 6.07) is 0. The van der Waals surface area contributed by atoms with E-state index in [9.17, 15) is 26.3 Å². The molecule has 3 heterocycles. The number of halogens is 7. The highest BCUT2D eigenvalue weighted by atomic mass is 79.9. The SMILES string of the molecule is CC1(C)OB(c2cnc(N)nc2C(F)(F)F)OC1(C)C.Nc1ncc(Br)c(C(F)(F)F)n1. The van der Waals surface area contributed by atoms with Crippen LogP contribution >= 0.6 is 15.9 Å². The summed E-state index contributed by atoms with van der Waals surface area (Å²) in [5.41, 5.74) is 6.24. The quantitative estimate of drug-likeness (QED) is 0.425. The third-order valence-corrected chi connectivity index (χ3v) is 5.22. The molecule has 2 aromatic rings. The van der Waals surface area contributed by atoms with Gasteiger partial charge in [-0.25, -0.2) is 19.9 Å². The van der Waals surface area contributed by atoms with Crippen LogP contribution in [0.3, 0.4) is 0 Å². The average Bonchev–Trinajstić information content (AvgIpc) is 2.83. The lowest BCUT2D eigenvalue weighted by Crippen LogP contribution is -2.41. The number of hydrogen-bond acceptors (Lipinski definition) is 8. The molecule has 0 aliphatic carbocycles. The van der Waals surface area contributed by atoms with Crippen LogP contribution in [0.5, 0.6) is 0 Å². The molecule has 3 rings (SSSR count). The highest BCUT2D eigenvalue weighted by Crippen LogP contribution is 2.38. The maximum absolute atomic E-state index is 13.0. The van der Waals surface area contributed by atoms with E-state index in [4.69, 9.17) is 20.8 Å². The Labute approximate surface area is 187 Å². The summed E-state index contributed by atoms with van der Waals surface area (Å²) in [4.78, 5) is 13.3.